The first-order valence-corrected chi connectivity index (χ1v) is 5.42. The van der Waals surface area contributed by atoms with Crippen molar-refractivity contribution in [3.63, 3.8) is 0 Å². The van der Waals surface area contributed by atoms with Gasteiger partial charge in [-0.15, -0.1) is 0 Å². The van der Waals surface area contributed by atoms with Crippen LogP contribution < -0.4 is 0 Å². The average molecular weight is 212 g/mol. The molecule has 3 aromatic rings. The fourth-order valence-electron chi connectivity index (χ4n) is 1.83. The first kappa shape index (κ1) is 10.7. The molecule has 0 radical (unpaired) electrons. The van der Waals surface area contributed by atoms with Crippen LogP contribution >= 0.6 is 0 Å². The number of fused-ring (bicyclic) bond motifs is 2. The molecule has 0 aromatic carbocycles. The van der Waals surface area contributed by atoms with Crippen LogP contribution in [0.1, 0.15) is 16.7 Å². The third-order valence-corrected chi connectivity index (χ3v) is 2.61. The fourth-order valence-corrected chi connectivity index (χ4v) is 1.83. The lowest BCUT2D eigenvalue weighted by Crippen LogP contribution is -1.70. The quantitative estimate of drug-likeness (QED) is 0.606. The van der Waals surface area contributed by atoms with Crippen LogP contribution in [0.3, 0.4) is 0 Å². The molecule has 1 N–H and O–H groups in total. The zero-order valence-electron chi connectivity index (χ0n) is 9.91. The van der Waals surface area contributed by atoms with E-state index >= 15 is 0 Å². The number of hydrogen-bond donors (Lipinski definition) is 1. The molecule has 2 nitrogen and oxygen atoms in total. The topological polar surface area (TPSA) is 28.7 Å². The smallest absolute Gasteiger partial charge is 0.0445 e. The molecule has 2 bridgehead atoms. The van der Waals surface area contributed by atoms with Crippen LogP contribution in [0.4, 0.5) is 0 Å². The van der Waals surface area contributed by atoms with Crippen molar-refractivity contribution in [3.8, 4) is 0 Å². The molecular formula is C14H16N2. The summed E-state index contributed by atoms with van der Waals surface area (Å²) in [5, 5.41) is 0. The van der Waals surface area contributed by atoms with E-state index in [0.717, 1.165) is 0 Å². The second-order valence-corrected chi connectivity index (χ2v) is 4.14. The number of nitrogens with one attached hydrogen (secondary N) is 1. The van der Waals surface area contributed by atoms with Gasteiger partial charge in [0, 0.05) is 23.4 Å². The summed E-state index contributed by atoms with van der Waals surface area (Å²) in [4.78, 5) is 7.16. The van der Waals surface area contributed by atoms with Gasteiger partial charge < -0.3 is 4.98 Å². The molecule has 16 heavy (non-hydrogen) atoms. The second-order valence-electron chi connectivity index (χ2n) is 4.14. The van der Waals surface area contributed by atoms with Crippen molar-refractivity contribution >= 4 is 11.0 Å². The maximum atomic E-state index is 3.88. The largest absolute Gasteiger partial charge is 0.355 e. The van der Waals surface area contributed by atoms with Gasteiger partial charge in [0.25, 0.3) is 0 Å². The highest BCUT2D eigenvalue weighted by molar-refractivity contribution is 5.74. The lowest BCUT2D eigenvalue weighted by molar-refractivity contribution is 1.27. The van der Waals surface area contributed by atoms with Crippen LogP contribution in [0.5, 0.6) is 0 Å². The van der Waals surface area contributed by atoms with Crippen molar-refractivity contribution in [1.29, 1.82) is 0 Å². The molecule has 3 aromatic heterocycles. The lowest BCUT2D eigenvalue weighted by atomic mass is 10.2. The van der Waals surface area contributed by atoms with E-state index < -0.39 is 0 Å². The summed E-state index contributed by atoms with van der Waals surface area (Å²) in [5.41, 5.74) is 6.50. The number of nitrogens with zero attached hydrogens (tertiary/aromatic N) is 1. The number of rotatable bonds is 0. The van der Waals surface area contributed by atoms with Crippen molar-refractivity contribution in [1.82, 2.24) is 9.97 Å². The number of aromatic amines is 1. The monoisotopic (exact) mass is 212 g/mol. The molecule has 82 valence electrons. The van der Waals surface area contributed by atoms with Crippen molar-refractivity contribution < 1.29 is 0 Å². The Bertz CT molecular complexity index is 526. The van der Waals surface area contributed by atoms with Gasteiger partial charge in [0.1, 0.15) is 0 Å². The highest BCUT2D eigenvalue weighted by Crippen LogP contribution is 2.20. The maximum Gasteiger partial charge on any atom is 0.0445 e. The Morgan fingerprint density at radius 3 is 2.00 bits per heavy atom. The van der Waals surface area contributed by atoms with Crippen molar-refractivity contribution in [2.75, 3.05) is 0 Å². The van der Waals surface area contributed by atoms with Gasteiger partial charge in [0.2, 0.25) is 0 Å². The Hall–Kier alpha value is -1.83. The maximum absolute atomic E-state index is 3.88. The van der Waals surface area contributed by atoms with Gasteiger partial charge in [-0.05, 0) is 55.7 Å². The predicted octanol–water partition coefficient (Wildman–Crippen LogP) is 3.61. The van der Waals surface area contributed by atoms with E-state index in [4.69, 9.17) is 0 Å². The van der Waals surface area contributed by atoms with Crippen LogP contribution in [0, 0.1) is 20.8 Å². The standard InChI is InChI=1S/C8H9N.C6H7N/c1-5-3-7-4-6(2)8(5)9-7;1-6-3-2-4-7-5-6/h3-4,9H,1-2H3;2-5H,1H3. The number of aryl methyl sites for hydroxylation is 3. The van der Waals surface area contributed by atoms with E-state index in [1.54, 1.807) is 6.20 Å². The van der Waals surface area contributed by atoms with Gasteiger partial charge in [-0.1, -0.05) is 6.07 Å². The molecule has 0 spiro atoms. The van der Waals surface area contributed by atoms with Gasteiger partial charge in [-0.25, -0.2) is 0 Å². The van der Waals surface area contributed by atoms with E-state index in [0.29, 0.717) is 0 Å². The van der Waals surface area contributed by atoms with Gasteiger partial charge in [0.05, 0.1) is 0 Å². The Labute approximate surface area is 95.7 Å². The van der Waals surface area contributed by atoms with E-state index in [1.807, 2.05) is 25.3 Å². The molecule has 0 aliphatic rings. The third kappa shape index (κ3) is 2.22. The molecule has 0 fully saturated rings. The number of hydrogen-bond acceptors (Lipinski definition) is 1. The summed E-state index contributed by atoms with van der Waals surface area (Å²) in [5.74, 6) is 0. The predicted molar refractivity (Wildman–Crippen MR) is 67.9 cm³/mol. The lowest BCUT2D eigenvalue weighted by Gasteiger charge is -1.88. The van der Waals surface area contributed by atoms with Crippen LogP contribution in [-0.2, 0) is 0 Å². The van der Waals surface area contributed by atoms with E-state index in [9.17, 15) is 0 Å². The van der Waals surface area contributed by atoms with E-state index in [2.05, 4.69) is 35.9 Å². The molecule has 0 aliphatic carbocycles. The molecule has 0 unspecified atom stereocenters. The molecule has 3 heterocycles. The highest BCUT2D eigenvalue weighted by Gasteiger charge is 2.02. The summed E-state index contributed by atoms with van der Waals surface area (Å²) < 4.78 is 0. The summed E-state index contributed by atoms with van der Waals surface area (Å²) in [6, 6.07) is 8.28. The number of benzene rings is 1. The molecule has 0 saturated carbocycles. The van der Waals surface area contributed by atoms with E-state index in [1.165, 1.54) is 27.7 Å². The molecule has 0 atom stereocenters. The normalized spacial score (nSPS) is 10.2. The minimum Gasteiger partial charge on any atom is -0.355 e. The van der Waals surface area contributed by atoms with Crippen molar-refractivity contribution in [3.05, 3.63) is 53.3 Å². The molecule has 3 rings (SSSR count). The average Bonchev–Trinajstić information content (AvgIpc) is 2.77. The summed E-state index contributed by atoms with van der Waals surface area (Å²) in [7, 11) is 0. The number of aromatic nitrogens is 2. The third-order valence-electron chi connectivity index (χ3n) is 2.61. The Morgan fingerprint density at radius 2 is 1.75 bits per heavy atom. The Kier molecular flexibility index (Phi) is 2.91. The van der Waals surface area contributed by atoms with Crippen LogP contribution in [0.15, 0.2) is 36.7 Å². The highest BCUT2D eigenvalue weighted by atomic mass is 14.7. The summed E-state index contributed by atoms with van der Waals surface area (Å²) >= 11 is 0. The van der Waals surface area contributed by atoms with Crippen LogP contribution in [-0.4, -0.2) is 9.97 Å². The second kappa shape index (κ2) is 4.35. The minimum atomic E-state index is 1.21. The Morgan fingerprint density at radius 1 is 1.06 bits per heavy atom. The molecule has 0 amide bonds. The first-order chi connectivity index (χ1) is 7.66. The first-order valence-electron chi connectivity index (χ1n) is 5.42. The zero-order valence-corrected chi connectivity index (χ0v) is 9.91. The fraction of sp³-hybridized carbons (Fsp3) is 0.214. The number of pyridine rings is 1. The van der Waals surface area contributed by atoms with E-state index in [-0.39, 0.29) is 0 Å². The van der Waals surface area contributed by atoms with Gasteiger partial charge in [-0.2, -0.15) is 0 Å². The minimum absolute atomic E-state index is 1.21. The van der Waals surface area contributed by atoms with Crippen LogP contribution in [0.25, 0.3) is 11.0 Å². The molecule has 2 heteroatoms. The van der Waals surface area contributed by atoms with Gasteiger partial charge >= 0.3 is 0 Å². The van der Waals surface area contributed by atoms with Crippen molar-refractivity contribution in [2.24, 2.45) is 0 Å². The zero-order chi connectivity index (χ0) is 11.5. The SMILES string of the molecule is Cc1cc2cc(C)c1[nH]2.Cc1cccnc1. The van der Waals surface area contributed by atoms with Crippen molar-refractivity contribution in [2.45, 2.75) is 20.8 Å². The van der Waals surface area contributed by atoms with Crippen LogP contribution in [0.2, 0.25) is 0 Å². The molecular weight excluding hydrogens is 196 g/mol. The van der Waals surface area contributed by atoms with Gasteiger partial charge in [-0.3, -0.25) is 4.98 Å². The molecule has 0 aliphatic heterocycles. The van der Waals surface area contributed by atoms with Gasteiger partial charge in [0.15, 0.2) is 0 Å². The molecule has 0 saturated heterocycles. The summed E-state index contributed by atoms with van der Waals surface area (Å²) in [6.07, 6.45) is 3.60. The number of H-pyrrole nitrogens is 1. The summed E-state index contributed by atoms with van der Waals surface area (Å²) in [6.45, 7) is 6.28. The Balaban J connectivity index is 0.000000125.